The van der Waals surface area contributed by atoms with Gasteiger partial charge in [0.25, 0.3) is 0 Å². The van der Waals surface area contributed by atoms with Gasteiger partial charge in [-0.15, -0.1) is 0 Å². The lowest BCUT2D eigenvalue weighted by Crippen LogP contribution is -2.41. The number of aryl methyl sites for hydroxylation is 1. The van der Waals surface area contributed by atoms with Crippen LogP contribution in [0.4, 0.5) is 10.1 Å². The molecular formula is C20H23FN2O4S. The fourth-order valence-electron chi connectivity index (χ4n) is 3.33. The van der Waals surface area contributed by atoms with E-state index >= 15 is 0 Å². The summed E-state index contributed by atoms with van der Waals surface area (Å²) in [5.74, 6) is -0.324. The summed E-state index contributed by atoms with van der Waals surface area (Å²) in [5, 5.41) is 2.70. The standard InChI is InChI=1S/C20H23FN2O4S/c1-14-12-18(6-7-19(14)27-2)28(25,26)23-10-8-15(9-11-23)20(24)22-17-5-3-4-16(21)13-17/h3-7,12-13,15H,8-11H2,1-2H3,(H,22,24). The molecule has 0 saturated carbocycles. The van der Waals surface area contributed by atoms with Crippen molar-refractivity contribution in [3.05, 3.63) is 53.8 Å². The zero-order chi connectivity index (χ0) is 20.3. The van der Waals surface area contributed by atoms with Crippen molar-refractivity contribution < 1.29 is 22.3 Å². The number of amides is 1. The number of ether oxygens (including phenoxy) is 1. The highest BCUT2D eigenvalue weighted by atomic mass is 32.2. The molecule has 2 aromatic rings. The number of hydrogen-bond acceptors (Lipinski definition) is 4. The lowest BCUT2D eigenvalue weighted by molar-refractivity contribution is -0.120. The van der Waals surface area contributed by atoms with Gasteiger partial charge >= 0.3 is 0 Å². The van der Waals surface area contributed by atoms with E-state index in [0.717, 1.165) is 5.56 Å². The monoisotopic (exact) mass is 406 g/mol. The Hall–Kier alpha value is -2.45. The molecule has 1 heterocycles. The van der Waals surface area contributed by atoms with Crippen LogP contribution in [0.1, 0.15) is 18.4 Å². The Kier molecular flexibility index (Phi) is 6.00. The van der Waals surface area contributed by atoms with Crippen molar-refractivity contribution in [2.75, 3.05) is 25.5 Å². The molecule has 8 heteroatoms. The van der Waals surface area contributed by atoms with Crippen molar-refractivity contribution in [3.63, 3.8) is 0 Å². The van der Waals surface area contributed by atoms with Gasteiger partial charge in [-0.1, -0.05) is 6.07 Å². The summed E-state index contributed by atoms with van der Waals surface area (Å²) in [6.45, 7) is 2.31. The van der Waals surface area contributed by atoms with Crippen molar-refractivity contribution in [2.24, 2.45) is 5.92 Å². The lowest BCUT2D eigenvalue weighted by Gasteiger charge is -2.30. The second-order valence-electron chi connectivity index (χ2n) is 6.81. The molecule has 1 saturated heterocycles. The zero-order valence-corrected chi connectivity index (χ0v) is 16.6. The number of halogens is 1. The second kappa shape index (κ2) is 8.28. The number of sulfonamides is 1. The van der Waals surface area contributed by atoms with Crippen molar-refractivity contribution in [2.45, 2.75) is 24.7 Å². The first kappa shape index (κ1) is 20.3. The molecule has 1 N–H and O–H groups in total. The van der Waals surface area contributed by atoms with Gasteiger partial charge in [0.1, 0.15) is 11.6 Å². The van der Waals surface area contributed by atoms with E-state index in [0.29, 0.717) is 24.3 Å². The number of benzene rings is 2. The number of methoxy groups -OCH3 is 1. The molecule has 1 amide bonds. The zero-order valence-electron chi connectivity index (χ0n) is 15.8. The molecule has 3 rings (SSSR count). The molecule has 28 heavy (non-hydrogen) atoms. The van der Waals surface area contributed by atoms with Crippen LogP contribution in [0.15, 0.2) is 47.4 Å². The minimum atomic E-state index is -3.63. The average Bonchev–Trinajstić information content (AvgIpc) is 2.68. The second-order valence-corrected chi connectivity index (χ2v) is 8.75. The molecule has 0 unspecified atom stereocenters. The maximum Gasteiger partial charge on any atom is 0.243 e. The summed E-state index contributed by atoms with van der Waals surface area (Å²) in [4.78, 5) is 12.6. The van der Waals surface area contributed by atoms with Crippen LogP contribution < -0.4 is 10.1 Å². The third-order valence-electron chi connectivity index (χ3n) is 4.92. The van der Waals surface area contributed by atoms with Gasteiger partial charge in [0.05, 0.1) is 12.0 Å². The molecule has 0 aromatic heterocycles. The van der Waals surface area contributed by atoms with E-state index in [1.54, 1.807) is 25.1 Å². The van der Waals surface area contributed by atoms with E-state index in [9.17, 15) is 17.6 Å². The van der Waals surface area contributed by atoms with Crippen molar-refractivity contribution in [1.82, 2.24) is 4.31 Å². The predicted octanol–water partition coefficient (Wildman–Crippen LogP) is 3.18. The van der Waals surface area contributed by atoms with Crippen LogP contribution in [-0.4, -0.2) is 38.8 Å². The normalized spacial score (nSPS) is 16.0. The molecule has 0 atom stereocenters. The van der Waals surface area contributed by atoms with E-state index in [2.05, 4.69) is 5.32 Å². The first-order chi connectivity index (χ1) is 13.3. The van der Waals surface area contributed by atoms with Gasteiger partial charge in [-0.05, 0) is 61.7 Å². The highest BCUT2D eigenvalue weighted by molar-refractivity contribution is 7.89. The smallest absolute Gasteiger partial charge is 0.243 e. The molecule has 0 bridgehead atoms. The highest BCUT2D eigenvalue weighted by Crippen LogP contribution is 2.27. The van der Waals surface area contributed by atoms with Crippen LogP contribution >= 0.6 is 0 Å². The van der Waals surface area contributed by atoms with Gasteiger partial charge in [0, 0.05) is 24.7 Å². The fourth-order valence-corrected chi connectivity index (χ4v) is 4.88. The summed E-state index contributed by atoms with van der Waals surface area (Å²) < 4.78 is 45.6. The van der Waals surface area contributed by atoms with Crippen molar-refractivity contribution >= 4 is 21.6 Å². The van der Waals surface area contributed by atoms with Gasteiger partial charge in [0.15, 0.2) is 0 Å². The first-order valence-electron chi connectivity index (χ1n) is 9.02. The van der Waals surface area contributed by atoms with E-state index in [1.165, 1.54) is 35.7 Å². The largest absolute Gasteiger partial charge is 0.496 e. The summed E-state index contributed by atoms with van der Waals surface area (Å²) in [6, 6.07) is 10.5. The third-order valence-corrected chi connectivity index (χ3v) is 6.82. The Morgan fingerprint density at radius 1 is 1.18 bits per heavy atom. The molecular weight excluding hydrogens is 383 g/mol. The van der Waals surface area contributed by atoms with Crippen LogP contribution in [0.3, 0.4) is 0 Å². The van der Waals surface area contributed by atoms with Gasteiger partial charge in [-0.25, -0.2) is 12.8 Å². The molecule has 150 valence electrons. The Morgan fingerprint density at radius 2 is 1.89 bits per heavy atom. The number of piperidine rings is 1. The van der Waals surface area contributed by atoms with Crippen LogP contribution in [0.2, 0.25) is 0 Å². The third kappa shape index (κ3) is 4.34. The van der Waals surface area contributed by atoms with Gasteiger partial charge in [0.2, 0.25) is 15.9 Å². The van der Waals surface area contributed by atoms with Gasteiger partial charge in [-0.2, -0.15) is 4.31 Å². The number of carbonyl (C=O) groups is 1. The molecule has 1 aliphatic rings. The maximum atomic E-state index is 13.2. The minimum absolute atomic E-state index is 0.216. The van der Waals surface area contributed by atoms with Crippen LogP contribution in [-0.2, 0) is 14.8 Å². The summed E-state index contributed by atoms with van der Waals surface area (Å²) in [7, 11) is -2.09. The number of nitrogens with one attached hydrogen (secondary N) is 1. The van der Waals surface area contributed by atoms with Crippen LogP contribution in [0.25, 0.3) is 0 Å². The van der Waals surface area contributed by atoms with Crippen LogP contribution in [0.5, 0.6) is 5.75 Å². The van der Waals surface area contributed by atoms with Crippen molar-refractivity contribution in [1.29, 1.82) is 0 Å². The number of anilines is 1. The predicted molar refractivity (Wildman–Crippen MR) is 104 cm³/mol. The summed E-state index contributed by atoms with van der Waals surface area (Å²) >= 11 is 0. The van der Waals surface area contributed by atoms with E-state index in [1.807, 2.05) is 0 Å². The number of nitrogens with zero attached hydrogens (tertiary/aromatic N) is 1. The fraction of sp³-hybridized carbons (Fsp3) is 0.350. The molecule has 0 radical (unpaired) electrons. The minimum Gasteiger partial charge on any atom is -0.496 e. The Labute approximate surface area is 164 Å². The summed E-state index contributed by atoms with van der Waals surface area (Å²) in [6.07, 6.45) is 0.824. The SMILES string of the molecule is COc1ccc(S(=O)(=O)N2CCC(C(=O)Nc3cccc(F)c3)CC2)cc1C. The molecule has 6 nitrogen and oxygen atoms in total. The Morgan fingerprint density at radius 3 is 2.50 bits per heavy atom. The molecule has 0 spiro atoms. The first-order valence-corrected chi connectivity index (χ1v) is 10.5. The topological polar surface area (TPSA) is 75.7 Å². The molecule has 1 aliphatic heterocycles. The van der Waals surface area contributed by atoms with Crippen LogP contribution in [0, 0.1) is 18.7 Å². The highest BCUT2D eigenvalue weighted by Gasteiger charge is 2.32. The Bertz CT molecular complexity index is 970. The molecule has 2 aromatic carbocycles. The lowest BCUT2D eigenvalue weighted by atomic mass is 9.97. The van der Waals surface area contributed by atoms with Gasteiger partial charge in [-0.3, -0.25) is 4.79 Å². The van der Waals surface area contributed by atoms with E-state index < -0.39 is 15.8 Å². The molecule has 1 fully saturated rings. The quantitative estimate of drug-likeness (QED) is 0.828. The Balaban J connectivity index is 1.64. The number of rotatable bonds is 5. The average molecular weight is 406 g/mol. The van der Waals surface area contributed by atoms with Crippen molar-refractivity contribution in [3.8, 4) is 5.75 Å². The number of carbonyl (C=O) groups excluding carboxylic acids is 1. The molecule has 0 aliphatic carbocycles. The van der Waals surface area contributed by atoms with Gasteiger partial charge < -0.3 is 10.1 Å². The van der Waals surface area contributed by atoms with E-state index in [-0.39, 0.29) is 29.8 Å². The summed E-state index contributed by atoms with van der Waals surface area (Å²) in [5.41, 5.74) is 1.14. The van der Waals surface area contributed by atoms with E-state index in [4.69, 9.17) is 4.74 Å². The maximum absolute atomic E-state index is 13.2. The number of hydrogen-bond donors (Lipinski definition) is 1.